The molecule has 1 saturated carbocycles. The van der Waals surface area contributed by atoms with Gasteiger partial charge in [0.2, 0.25) is 5.91 Å². The maximum Gasteiger partial charge on any atom is 0.237 e. The van der Waals surface area contributed by atoms with Crippen LogP contribution in [0.3, 0.4) is 0 Å². The van der Waals surface area contributed by atoms with Crippen molar-refractivity contribution in [2.75, 3.05) is 20.2 Å². The van der Waals surface area contributed by atoms with Crippen molar-refractivity contribution in [2.45, 2.75) is 50.3 Å². The van der Waals surface area contributed by atoms with E-state index in [9.17, 15) is 4.79 Å². The van der Waals surface area contributed by atoms with Gasteiger partial charge in [0.15, 0.2) is 0 Å². The predicted octanol–water partition coefficient (Wildman–Crippen LogP) is 0.0785. The molecule has 1 heterocycles. The van der Waals surface area contributed by atoms with E-state index in [0.717, 1.165) is 25.9 Å². The third-order valence-electron chi connectivity index (χ3n) is 4.75. The molecule has 2 rings (SSSR count). The molecule has 1 saturated heterocycles. The standard InChI is InChI=1S/C13H25N3O2/c1-9-4-6-16(8-11(9)18-2)10-3-5-13(15,7-10)12(14)17/h9-11H,3-8,15H2,1-2H3,(H2,14,17). The van der Waals surface area contributed by atoms with Gasteiger partial charge >= 0.3 is 0 Å². The van der Waals surface area contributed by atoms with Crippen LogP contribution in [0.2, 0.25) is 0 Å². The Kier molecular flexibility index (Phi) is 3.94. The first-order valence-electron chi connectivity index (χ1n) is 6.82. The maximum atomic E-state index is 11.4. The molecule has 1 aliphatic carbocycles. The summed E-state index contributed by atoms with van der Waals surface area (Å²) in [6, 6.07) is 0.382. The van der Waals surface area contributed by atoms with Crippen molar-refractivity contribution in [1.82, 2.24) is 4.90 Å². The maximum absolute atomic E-state index is 11.4. The lowest BCUT2D eigenvalue weighted by Crippen LogP contribution is -2.53. The minimum absolute atomic E-state index is 0.292. The Labute approximate surface area is 109 Å². The third kappa shape index (κ3) is 2.53. The fourth-order valence-corrected chi connectivity index (χ4v) is 3.28. The smallest absolute Gasteiger partial charge is 0.237 e. The monoisotopic (exact) mass is 255 g/mol. The molecule has 1 amide bonds. The number of primary amides is 1. The van der Waals surface area contributed by atoms with Gasteiger partial charge in [-0.2, -0.15) is 0 Å². The van der Waals surface area contributed by atoms with Crippen LogP contribution in [0.15, 0.2) is 0 Å². The predicted molar refractivity (Wildman–Crippen MR) is 69.9 cm³/mol. The zero-order chi connectivity index (χ0) is 13.3. The normalized spacial score (nSPS) is 42.1. The van der Waals surface area contributed by atoms with Crippen LogP contribution in [-0.2, 0) is 9.53 Å². The summed E-state index contributed by atoms with van der Waals surface area (Å²) < 4.78 is 5.53. The van der Waals surface area contributed by atoms with E-state index in [4.69, 9.17) is 16.2 Å². The molecular formula is C13H25N3O2. The Morgan fingerprint density at radius 2 is 2.17 bits per heavy atom. The number of nitrogens with zero attached hydrogens (tertiary/aromatic N) is 1. The summed E-state index contributed by atoms with van der Waals surface area (Å²) in [4.78, 5) is 13.8. The number of likely N-dealkylation sites (tertiary alicyclic amines) is 1. The number of nitrogens with two attached hydrogens (primary N) is 2. The van der Waals surface area contributed by atoms with E-state index in [-0.39, 0.29) is 5.91 Å². The largest absolute Gasteiger partial charge is 0.380 e. The van der Waals surface area contributed by atoms with E-state index in [0.29, 0.717) is 30.9 Å². The molecule has 1 aliphatic heterocycles. The summed E-state index contributed by atoms with van der Waals surface area (Å²) >= 11 is 0. The van der Waals surface area contributed by atoms with Crippen molar-refractivity contribution >= 4 is 5.91 Å². The van der Waals surface area contributed by atoms with Crippen LogP contribution in [0, 0.1) is 5.92 Å². The van der Waals surface area contributed by atoms with Crippen LogP contribution in [0.5, 0.6) is 0 Å². The SMILES string of the molecule is COC1CN(C2CCC(N)(C(N)=O)C2)CCC1C. The van der Waals surface area contributed by atoms with E-state index >= 15 is 0 Å². The van der Waals surface area contributed by atoms with Crippen molar-refractivity contribution < 1.29 is 9.53 Å². The van der Waals surface area contributed by atoms with Gasteiger partial charge in [0, 0.05) is 19.7 Å². The van der Waals surface area contributed by atoms with E-state index in [1.807, 2.05) is 0 Å². The molecule has 0 spiro atoms. The fourth-order valence-electron chi connectivity index (χ4n) is 3.28. The first kappa shape index (κ1) is 13.8. The number of piperidine rings is 1. The number of hydrogen-bond acceptors (Lipinski definition) is 4. The topological polar surface area (TPSA) is 81.6 Å². The molecule has 0 aromatic carbocycles. The summed E-state index contributed by atoms with van der Waals surface area (Å²) in [7, 11) is 1.77. The van der Waals surface area contributed by atoms with E-state index in [1.54, 1.807) is 7.11 Å². The lowest BCUT2D eigenvalue weighted by Gasteiger charge is -2.39. The summed E-state index contributed by atoms with van der Waals surface area (Å²) in [5, 5.41) is 0. The fraction of sp³-hybridized carbons (Fsp3) is 0.923. The quantitative estimate of drug-likeness (QED) is 0.748. The highest BCUT2D eigenvalue weighted by Gasteiger charge is 2.43. The van der Waals surface area contributed by atoms with E-state index in [1.165, 1.54) is 0 Å². The highest BCUT2D eigenvalue weighted by Crippen LogP contribution is 2.33. The molecule has 0 aromatic rings. The average molecular weight is 255 g/mol. The van der Waals surface area contributed by atoms with Crippen LogP contribution < -0.4 is 11.5 Å². The number of amides is 1. The summed E-state index contributed by atoms with van der Waals surface area (Å²) in [6.45, 7) is 4.24. The average Bonchev–Trinajstić information content (AvgIpc) is 2.74. The number of carbonyl (C=O) groups excluding carboxylic acids is 1. The molecule has 5 heteroatoms. The van der Waals surface area contributed by atoms with Crippen LogP contribution >= 0.6 is 0 Å². The first-order valence-corrected chi connectivity index (χ1v) is 6.82. The van der Waals surface area contributed by atoms with Crippen molar-refractivity contribution in [3.8, 4) is 0 Å². The number of ether oxygens (including phenoxy) is 1. The molecule has 2 fully saturated rings. The minimum atomic E-state index is -0.795. The Morgan fingerprint density at radius 3 is 2.72 bits per heavy atom. The van der Waals surface area contributed by atoms with Gasteiger partial charge in [0.1, 0.15) is 0 Å². The van der Waals surface area contributed by atoms with Crippen molar-refractivity contribution in [3.05, 3.63) is 0 Å². The molecule has 5 nitrogen and oxygen atoms in total. The number of hydrogen-bond donors (Lipinski definition) is 2. The van der Waals surface area contributed by atoms with Gasteiger partial charge in [0.25, 0.3) is 0 Å². The molecule has 0 aromatic heterocycles. The van der Waals surface area contributed by atoms with Crippen LogP contribution in [0.25, 0.3) is 0 Å². The lowest BCUT2D eigenvalue weighted by atomic mass is 9.93. The Bertz CT molecular complexity index is 323. The molecule has 18 heavy (non-hydrogen) atoms. The summed E-state index contributed by atoms with van der Waals surface area (Å²) in [5.74, 6) is 0.241. The van der Waals surface area contributed by atoms with Crippen LogP contribution in [0.1, 0.15) is 32.6 Å². The van der Waals surface area contributed by atoms with Gasteiger partial charge < -0.3 is 16.2 Å². The number of methoxy groups -OCH3 is 1. The Balaban J connectivity index is 1.96. The van der Waals surface area contributed by atoms with Crippen molar-refractivity contribution in [3.63, 3.8) is 0 Å². The van der Waals surface area contributed by atoms with Crippen molar-refractivity contribution in [1.29, 1.82) is 0 Å². The molecule has 0 radical (unpaired) electrons. The Morgan fingerprint density at radius 1 is 1.44 bits per heavy atom. The molecule has 4 atom stereocenters. The molecule has 4 unspecified atom stereocenters. The minimum Gasteiger partial charge on any atom is -0.380 e. The second-order valence-electron chi connectivity index (χ2n) is 5.95. The van der Waals surface area contributed by atoms with Gasteiger partial charge in [-0.15, -0.1) is 0 Å². The zero-order valence-electron chi connectivity index (χ0n) is 11.4. The highest BCUT2D eigenvalue weighted by atomic mass is 16.5. The van der Waals surface area contributed by atoms with Gasteiger partial charge in [-0.3, -0.25) is 9.69 Å². The zero-order valence-corrected chi connectivity index (χ0v) is 11.4. The lowest BCUT2D eigenvalue weighted by molar-refractivity contribution is -0.123. The third-order valence-corrected chi connectivity index (χ3v) is 4.75. The molecule has 0 bridgehead atoms. The van der Waals surface area contributed by atoms with Crippen molar-refractivity contribution in [2.24, 2.45) is 17.4 Å². The highest BCUT2D eigenvalue weighted by molar-refractivity contribution is 5.84. The molecular weight excluding hydrogens is 230 g/mol. The number of rotatable bonds is 3. The second kappa shape index (κ2) is 5.15. The van der Waals surface area contributed by atoms with Crippen LogP contribution in [-0.4, -0.2) is 48.7 Å². The molecule has 4 N–H and O–H groups in total. The van der Waals surface area contributed by atoms with Gasteiger partial charge in [-0.25, -0.2) is 0 Å². The van der Waals surface area contributed by atoms with Crippen LogP contribution in [0.4, 0.5) is 0 Å². The van der Waals surface area contributed by atoms with E-state index in [2.05, 4.69) is 11.8 Å². The molecule has 104 valence electrons. The number of carbonyl (C=O) groups is 1. The van der Waals surface area contributed by atoms with Gasteiger partial charge in [0.05, 0.1) is 11.6 Å². The van der Waals surface area contributed by atoms with E-state index < -0.39 is 5.54 Å². The summed E-state index contributed by atoms with van der Waals surface area (Å²) in [6.07, 6.45) is 3.79. The van der Waals surface area contributed by atoms with Gasteiger partial charge in [-0.05, 0) is 38.1 Å². The summed E-state index contributed by atoms with van der Waals surface area (Å²) in [5.41, 5.74) is 10.7. The van der Waals surface area contributed by atoms with Gasteiger partial charge in [-0.1, -0.05) is 6.92 Å². The second-order valence-corrected chi connectivity index (χ2v) is 5.95. The Hall–Kier alpha value is -0.650. The first-order chi connectivity index (χ1) is 8.46. The molecule has 2 aliphatic rings.